The van der Waals surface area contributed by atoms with Gasteiger partial charge in [0, 0.05) is 0 Å². The molecule has 0 bridgehead atoms. The lowest BCUT2D eigenvalue weighted by molar-refractivity contribution is -0.239. The number of alkyl halides is 3. The van der Waals surface area contributed by atoms with Crippen molar-refractivity contribution in [2.45, 2.75) is 50.7 Å². The number of halogens is 3. The fourth-order valence-electron chi connectivity index (χ4n) is 2.04. The topological polar surface area (TPSA) is 29.5 Å². The summed E-state index contributed by atoms with van der Waals surface area (Å²) in [4.78, 5) is 0. The molecule has 1 aromatic carbocycles. The second-order valence-corrected chi connectivity index (χ2v) is 5.00. The molecule has 0 spiro atoms. The average molecular weight is 302 g/mol. The van der Waals surface area contributed by atoms with Crippen molar-refractivity contribution in [1.29, 1.82) is 0 Å². The number of hydrogen-bond acceptors (Lipinski definition) is 2. The van der Waals surface area contributed by atoms with Crippen LogP contribution in [-0.4, -0.2) is 29.6 Å². The van der Waals surface area contributed by atoms with Crippen molar-refractivity contribution in [2.75, 3.05) is 0 Å². The van der Waals surface area contributed by atoms with Crippen LogP contribution in [0.3, 0.4) is 0 Å². The van der Waals surface area contributed by atoms with Gasteiger partial charge >= 0.3 is 6.18 Å². The summed E-state index contributed by atoms with van der Waals surface area (Å²) < 4.78 is 42.7. The second-order valence-electron chi connectivity index (χ2n) is 5.00. The Balaban J connectivity index is 2.55. The number of aryl methyl sites for hydroxylation is 1. The third-order valence-electron chi connectivity index (χ3n) is 3.21. The molecule has 3 atom stereocenters. The fraction of sp³-hybridized carbons (Fsp3) is 0.500. The first-order valence-electron chi connectivity index (χ1n) is 6.89. The van der Waals surface area contributed by atoms with E-state index >= 15 is 0 Å². The molecular weight excluding hydrogens is 281 g/mol. The quantitative estimate of drug-likeness (QED) is 0.738. The molecule has 2 nitrogen and oxygen atoms in total. The van der Waals surface area contributed by atoms with E-state index in [9.17, 15) is 18.3 Å². The highest BCUT2D eigenvalue weighted by Gasteiger charge is 2.42. The minimum Gasteiger partial charge on any atom is -0.381 e. The predicted molar refractivity (Wildman–Crippen MR) is 76.0 cm³/mol. The van der Waals surface area contributed by atoms with Crippen LogP contribution in [0.1, 0.15) is 25.3 Å². The number of rotatable bonds is 8. The zero-order valence-electron chi connectivity index (χ0n) is 12.0. The van der Waals surface area contributed by atoms with Gasteiger partial charge in [-0.3, -0.25) is 0 Å². The molecule has 0 saturated carbocycles. The van der Waals surface area contributed by atoms with Gasteiger partial charge in [0.1, 0.15) is 0 Å². The Labute approximate surface area is 123 Å². The number of aliphatic hydroxyl groups is 1. The molecule has 21 heavy (non-hydrogen) atoms. The molecule has 1 aromatic rings. The average Bonchev–Trinajstić information content (AvgIpc) is 2.44. The summed E-state index contributed by atoms with van der Waals surface area (Å²) >= 11 is 0. The van der Waals surface area contributed by atoms with Crippen LogP contribution in [0.25, 0.3) is 0 Å². The summed E-state index contributed by atoms with van der Waals surface area (Å²) in [5.74, 6) is 0. The van der Waals surface area contributed by atoms with Crippen LogP contribution in [0.2, 0.25) is 0 Å². The lowest BCUT2D eigenvalue weighted by atomic mass is 10.0. The van der Waals surface area contributed by atoms with Crippen LogP contribution >= 0.6 is 0 Å². The van der Waals surface area contributed by atoms with Crippen molar-refractivity contribution in [3.05, 3.63) is 48.6 Å². The van der Waals surface area contributed by atoms with Gasteiger partial charge in [-0.05, 0) is 31.7 Å². The first-order valence-corrected chi connectivity index (χ1v) is 6.89. The van der Waals surface area contributed by atoms with Gasteiger partial charge in [0.2, 0.25) is 0 Å². The number of benzene rings is 1. The van der Waals surface area contributed by atoms with Gasteiger partial charge in [0.15, 0.2) is 6.10 Å². The van der Waals surface area contributed by atoms with E-state index < -0.39 is 24.5 Å². The van der Waals surface area contributed by atoms with Crippen LogP contribution in [0.5, 0.6) is 0 Å². The highest BCUT2D eigenvalue weighted by Crippen LogP contribution is 2.25. The number of hydrogen-bond donors (Lipinski definition) is 1. The summed E-state index contributed by atoms with van der Waals surface area (Å²) in [7, 11) is 0. The van der Waals surface area contributed by atoms with Crippen molar-refractivity contribution in [3.63, 3.8) is 0 Å². The van der Waals surface area contributed by atoms with Crippen molar-refractivity contribution in [1.82, 2.24) is 0 Å². The molecule has 118 valence electrons. The van der Waals surface area contributed by atoms with Gasteiger partial charge in [-0.1, -0.05) is 36.4 Å². The molecule has 0 radical (unpaired) electrons. The Hall–Kier alpha value is -1.33. The third-order valence-corrected chi connectivity index (χ3v) is 3.21. The molecule has 0 saturated heterocycles. The molecule has 1 rings (SSSR count). The molecule has 0 aliphatic heterocycles. The van der Waals surface area contributed by atoms with Crippen molar-refractivity contribution in [3.8, 4) is 0 Å². The number of ether oxygens (including phenoxy) is 1. The first-order chi connectivity index (χ1) is 9.84. The summed E-state index contributed by atoms with van der Waals surface area (Å²) in [6.07, 6.45) is -5.50. The Bertz CT molecular complexity index is 417. The van der Waals surface area contributed by atoms with Crippen LogP contribution in [0.4, 0.5) is 13.2 Å². The minimum atomic E-state index is -4.67. The van der Waals surface area contributed by atoms with Gasteiger partial charge in [-0.15, -0.1) is 6.58 Å². The highest BCUT2D eigenvalue weighted by atomic mass is 19.4. The normalized spacial score (nSPS) is 16.2. The first kappa shape index (κ1) is 17.7. The zero-order chi connectivity index (χ0) is 15.9. The zero-order valence-corrected chi connectivity index (χ0v) is 12.0. The molecule has 0 aliphatic rings. The smallest absolute Gasteiger partial charge is 0.381 e. The monoisotopic (exact) mass is 302 g/mol. The maximum atomic E-state index is 12.4. The second kappa shape index (κ2) is 8.20. The van der Waals surface area contributed by atoms with E-state index in [4.69, 9.17) is 4.74 Å². The summed E-state index contributed by atoms with van der Waals surface area (Å²) in [5.41, 5.74) is 1.10. The van der Waals surface area contributed by atoms with E-state index in [0.29, 0.717) is 19.3 Å². The Morgan fingerprint density at radius 2 is 1.90 bits per heavy atom. The van der Waals surface area contributed by atoms with E-state index in [0.717, 1.165) is 5.56 Å². The molecule has 0 fully saturated rings. The minimum absolute atomic E-state index is 0.394. The number of aliphatic hydroxyl groups excluding tert-OH is 1. The lowest BCUT2D eigenvalue weighted by Crippen LogP contribution is -2.41. The predicted octanol–water partition coefficient (Wildman–Crippen LogP) is 3.89. The SMILES string of the molecule is C=CC[C@H](CCc1ccccc1)O[C@H](C)[C@H](O)C(F)(F)F. The Morgan fingerprint density at radius 1 is 1.29 bits per heavy atom. The maximum absolute atomic E-state index is 12.4. The molecule has 0 aromatic heterocycles. The Morgan fingerprint density at radius 3 is 2.43 bits per heavy atom. The maximum Gasteiger partial charge on any atom is 0.416 e. The van der Waals surface area contributed by atoms with Crippen LogP contribution in [0, 0.1) is 0 Å². The molecule has 0 amide bonds. The standard InChI is InChI=1S/C16H21F3O2/c1-3-7-14(11-10-13-8-5-4-6-9-13)21-12(2)15(20)16(17,18)19/h3-6,8-9,12,14-15,20H,1,7,10-11H2,2H3/t12-,14-,15+/m1/s1. The summed E-state index contributed by atoms with van der Waals surface area (Å²) in [5, 5.41) is 9.18. The molecule has 0 unspecified atom stereocenters. The van der Waals surface area contributed by atoms with E-state index in [2.05, 4.69) is 6.58 Å². The van der Waals surface area contributed by atoms with E-state index in [1.165, 1.54) is 6.92 Å². The van der Waals surface area contributed by atoms with Gasteiger partial charge in [-0.2, -0.15) is 13.2 Å². The van der Waals surface area contributed by atoms with Crippen LogP contribution in [0.15, 0.2) is 43.0 Å². The fourth-order valence-corrected chi connectivity index (χ4v) is 2.04. The van der Waals surface area contributed by atoms with Crippen LogP contribution in [-0.2, 0) is 11.2 Å². The summed E-state index contributed by atoms with van der Waals surface area (Å²) in [6.45, 7) is 4.82. The van der Waals surface area contributed by atoms with Gasteiger partial charge in [0.25, 0.3) is 0 Å². The molecular formula is C16H21F3O2. The van der Waals surface area contributed by atoms with Gasteiger partial charge in [-0.25, -0.2) is 0 Å². The van der Waals surface area contributed by atoms with Crippen molar-refractivity contribution in [2.24, 2.45) is 0 Å². The molecule has 0 aliphatic carbocycles. The van der Waals surface area contributed by atoms with Crippen LogP contribution < -0.4 is 0 Å². The summed E-state index contributed by atoms with van der Waals surface area (Å²) in [6, 6.07) is 9.64. The largest absolute Gasteiger partial charge is 0.416 e. The molecule has 0 heterocycles. The molecule has 1 N–H and O–H groups in total. The van der Waals surface area contributed by atoms with Gasteiger partial charge < -0.3 is 9.84 Å². The van der Waals surface area contributed by atoms with Gasteiger partial charge in [0.05, 0.1) is 12.2 Å². The van der Waals surface area contributed by atoms with Crippen molar-refractivity contribution >= 4 is 0 Å². The third kappa shape index (κ3) is 6.31. The van der Waals surface area contributed by atoms with E-state index in [-0.39, 0.29) is 0 Å². The van der Waals surface area contributed by atoms with Crippen molar-refractivity contribution < 1.29 is 23.0 Å². The van der Waals surface area contributed by atoms with E-state index in [1.54, 1.807) is 6.08 Å². The Kier molecular flexibility index (Phi) is 6.92. The highest BCUT2D eigenvalue weighted by molar-refractivity contribution is 5.14. The molecule has 5 heteroatoms. The lowest BCUT2D eigenvalue weighted by Gasteiger charge is -2.26. The van der Waals surface area contributed by atoms with E-state index in [1.807, 2.05) is 30.3 Å².